The summed E-state index contributed by atoms with van der Waals surface area (Å²) in [6, 6.07) is 8.19. The van der Waals surface area contributed by atoms with E-state index in [1.54, 1.807) is 0 Å². The first-order valence-corrected chi connectivity index (χ1v) is 12.4. The molecule has 0 bridgehead atoms. The van der Waals surface area contributed by atoms with Crippen LogP contribution in [0.4, 0.5) is 0 Å². The lowest BCUT2D eigenvalue weighted by Crippen LogP contribution is -2.66. The third-order valence-corrected chi connectivity index (χ3v) is 5.27. The van der Waals surface area contributed by atoms with Crippen molar-refractivity contribution < 1.29 is 57.1 Å². The van der Waals surface area contributed by atoms with Crippen LogP contribution in [0.15, 0.2) is 30.3 Å². The van der Waals surface area contributed by atoms with Gasteiger partial charge in [0.25, 0.3) is 0 Å². The van der Waals surface area contributed by atoms with Gasteiger partial charge in [-0.2, -0.15) is 0 Å². The number of hydrogen-bond donors (Lipinski definition) is 1. The summed E-state index contributed by atoms with van der Waals surface area (Å²) in [5.41, 5.74) is 0.872. The first-order valence-electron chi connectivity index (χ1n) is 12.4. The van der Waals surface area contributed by atoms with E-state index >= 15 is 0 Å². The highest BCUT2D eigenvalue weighted by atomic mass is 16.7. The fourth-order valence-electron chi connectivity index (χ4n) is 3.72. The molecule has 13 nitrogen and oxygen atoms in total. The fourth-order valence-corrected chi connectivity index (χ4v) is 3.72. The number of esters is 4. The molecule has 13 heteroatoms. The topological polar surface area (TPSA) is 162 Å². The Hall–Kier alpha value is -3.55. The zero-order valence-electron chi connectivity index (χ0n) is 22.4. The SMILES string of the molecule is CC(=O)NC1C(OCCOCCC(=O)OCc2ccccc2)OC(COC(C)=O)C(OC(C)=O)C1OC(C)=O. The molecule has 2 rings (SSSR count). The third-order valence-electron chi connectivity index (χ3n) is 5.27. The Kier molecular flexibility index (Phi) is 13.3. The van der Waals surface area contributed by atoms with Crippen molar-refractivity contribution in [2.45, 2.75) is 71.4 Å². The van der Waals surface area contributed by atoms with E-state index in [0.717, 1.165) is 19.4 Å². The van der Waals surface area contributed by atoms with Gasteiger partial charge in [0, 0.05) is 27.7 Å². The normalized spacial score (nSPS) is 22.3. The van der Waals surface area contributed by atoms with Crippen molar-refractivity contribution in [1.82, 2.24) is 5.32 Å². The van der Waals surface area contributed by atoms with Crippen LogP contribution >= 0.6 is 0 Å². The molecule has 0 spiro atoms. The highest BCUT2D eigenvalue weighted by Gasteiger charge is 2.51. The predicted molar refractivity (Wildman–Crippen MR) is 132 cm³/mol. The van der Waals surface area contributed by atoms with Crippen LogP contribution in [0.3, 0.4) is 0 Å². The maximum Gasteiger partial charge on any atom is 0.308 e. The van der Waals surface area contributed by atoms with Crippen molar-refractivity contribution in [3.8, 4) is 0 Å². The highest BCUT2D eigenvalue weighted by Crippen LogP contribution is 2.28. The minimum absolute atomic E-state index is 0.0321. The molecule has 5 atom stereocenters. The number of rotatable bonds is 14. The van der Waals surface area contributed by atoms with Gasteiger partial charge in [0.15, 0.2) is 18.5 Å². The molecule has 0 aromatic heterocycles. The molecule has 1 fully saturated rings. The first kappa shape index (κ1) is 31.7. The second-order valence-electron chi connectivity index (χ2n) is 8.60. The quantitative estimate of drug-likeness (QED) is 0.196. The molecule has 5 unspecified atom stereocenters. The van der Waals surface area contributed by atoms with Crippen molar-refractivity contribution in [3.63, 3.8) is 0 Å². The summed E-state index contributed by atoms with van der Waals surface area (Å²) in [5, 5.41) is 2.60. The Labute approximate surface area is 226 Å². The van der Waals surface area contributed by atoms with Crippen LogP contribution in [0.5, 0.6) is 0 Å². The molecule has 1 aromatic carbocycles. The summed E-state index contributed by atoms with van der Waals surface area (Å²) in [6.07, 6.45) is -4.65. The average Bonchev–Trinajstić information content (AvgIpc) is 2.86. The lowest BCUT2D eigenvalue weighted by Gasteiger charge is -2.44. The Morgan fingerprint density at radius 1 is 0.821 bits per heavy atom. The number of carbonyl (C=O) groups excluding carboxylic acids is 5. The lowest BCUT2D eigenvalue weighted by atomic mass is 9.96. The van der Waals surface area contributed by atoms with Gasteiger partial charge in [-0.05, 0) is 5.56 Å². The molecule has 1 amide bonds. The average molecular weight is 554 g/mol. The standard InChI is InChI=1S/C26H35NO12/c1-16(28)27-23-25(38-19(4)31)24(37-18(3)30)21(15-35-17(2)29)39-26(23)34-13-12-33-11-10-22(32)36-14-20-8-6-5-7-9-20/h5-9,21,23-26H,10-15H2,1-4H3,(H,27,28). The number of hydrogen-bond acceptors (Lipinski definition) is 12. The Bertz CT molecular complexity index is 969. The minimum Gasteiger partial charge on any atom is -0.463 e. The van der Waals surface area contributed by atoms with Crippen LogP contribution in [0, 0.1) is 0 Å². The van der Waals surface area contributed by atoms with Crippen LogP contribution in [0.2, 0.25) is 0 Å². The van der Waals surface area contributed by atoms with Crippen molar-refractivity contribution in [3.05, 3.63) is 35.9 Å². The van der Waals surface area contributed by atoms with Gasteiger partial charge in [0.2, 0.25) is 5.91 Å². The van der Waals surface area contributed by atoms with E-state index in [4.69, 9.17) is 33.2 Å². The molecule has 1 aliphatic rings. The number of carbonyl (C=O) groups is 5. The molecular formula is C26H35NO12. The summed E-state index contributed by atoms with van der Waals surface area (Å²) in [6.45, 7) is 4.67. The molecular weight excluding hydrogens is 518 g/mol. The van der Waals surface area contributed by atoms with Crippen LogP contribution in [-0.2, 0) is 63.7 Å². The molecule has 1 aromatic rings. The van der Waals surface area contributed by atoms with Crippen LogP contribution < -0.4 is 5.32 Å². The van der Waals surface area contributed by atoms with E-state index in [1.807, 2.05) is 30.3 Å². The maximum absolute atomic E-state index is 11.9. The number of amides is 1. The smallest absolute Gasteiger partial charge is 0.308 e. The second-order valence-corrected chi connectivity index (χ2v) is 8.60. The van der Waals surface area contributed by atoms with Gasteiger partial charge in [-0.1, -0.05) is 30.3 Å². The van der Waals surface area contributed by atoms with E-state index in [-0.39, 0.29) is 39.5 Å². The fraction of sp³-hybridized carbons (Fsp3) is 0.577. The van der Waals surface area contributed by atoms with E-state index in [2.05, 4.69) is 5.32 Å². The molecule has 1 saturated heterocycles. The van der Waals surface area contributed by atoms with Gasteiger partial charge < -0.3 is 38.5 Å². The molecule has 1 aliphatic heterocycles. The van der Waals surface area contributed by atoms with Crippen LogP contribution in [0.25, 0.3) is 0 Å². The van der Waals surface area contributed by atoms with Crippen molar-refractivity contribution in [2.24, 2.45) is 0 Å². The van der Waals surface area contributed by atoms with Crippen LogP contribution in [-0.4, -0.2) is 86.9 Å². The highest BCUT2D eigenvalue weighted by molar-refractivity contribution is 5.73. The zero-order valence-corrected chi connectivity index (χ0v) is 22.4. The molecule has 216 valence electrons. The van der Waals surface area contributed by atoms with Gasteiger partial charge in [-0.3, -0.25) is 24.0 Å². The largest absolute Gasteiger partial charge is 0.463 e. The first-order chi connectivity index (χ1) is 18.6. The summed E-state index contributed by atoms with van der Waals surface area (Å²) < 4.78 is 38.0. The van der Waals surface area contributed by atoms with Crippen LogP contribution in [0.1, 0.15) is 39.7 Å². The van der Waals surface area contributed by atoms with Crippen molar-refractivity contribution in [1.29, 1.82) is 0 Å². The summed E-state index contributed by atoms with van der Waals surface area (Å²) in [4.78, 5) is 58.9. The molecule has 0 saturated carbocycles. The third kappa shape index (κ3) is 11.8. The van der Waals surface area contributed by atoms with E-state index in [0.29, 0.717) is 0 Å². The number of ether oxygens (including phenoxy) is 7. The maximum atomic E-state index is 11.9. The van der Waals surface area contributed by atoms with E-state index < -0.39 is 60.4 Å². The molecule has 39 heavy (non-hydrogen) atoms. The Balaban J connectivity index is 1.96. The van der Waals surface area contributed by atoms with Gasteiger partial charge in [-0.15, -0.1) is 0 Å². The number of benzene rings is 1. The summed E-state index contributed by atoms with van der Waals surface area (Å²) >= 11 is 0. The number of nitrogens with one attached hydrogen (secondary N) is 1. The Morgan fingerprint density at radius 2 is 1.49 bits per heavy atom. The van der Waals surface area contributed by atoms with Gasteiger partial charge in [0.05, 0.1) is 26.2 Å². The lowest BCUT2D eigenvalue weighted by molar-refractivity contribution is -0.279. The summed E-state index contributed by atoms with van der Waals surface area (Å²) in [5.74, 6) is -2.93. The molecule has 0 aliphatic carbocycles. The monoisotopic (exact) mass is 553 g/mol. The van der Waals surface area contributed by atoms with Gasteiger partial charge >= 0.3 is 23.9 Å². The summed E-state index contributed by atoms with van der Waals surface area (Å²) in [7, 11) is 0. The molecule has 1 heterocycles. The zero-order chi connectivity index (χ0) is 28.8. The predicted octanol–water partition coefficient (Wildman–Crippen LogP) is 0.809. The molecule has 0 radical (unpaired) electrons. The second kappa shape index (κ2) is 16.4. The Morgan fingerprint density at radius 3 is 2.10 bits per heavy atom. The van der Waals surface area contributed by atoms with E-state index in [1.165, 1.54) is 13.8 Å². The molecule has 1 N–H and O–H groups in total. The minimum atomic E-state index is -1.21. The van der Waals surface area contributed by atoms with Crippen molar-refractivity contribution >= 4 is 29.8 Å². The van der Waals surface area contributed by atoms with Gasteiger partial charge in [0.1, 0.15) is 25.4 Å². The van der Waals surface area contributed by atoms with Crippen molar-refractivity contribution in [2.75, 3.05) is 26.4 Å². The van der Waals surface area contributed by atoms with Gasteiger partial charge in [-0.25, -0.2) is 0 Å². The van der Waals surface area contributed by atoms with E-state index in [9.17, 15) is 24.0 Å².